The molecule has 0 saturated carbocycles. The van der Waals surface area contributed by atoms with E-state index >= 15 is 0 Å². The monoisotopic (exact) mass is 296 g/mol. The Morgan fingerprint density at radius 2 is 2.00 bits per heavy atom. The average molecular weight is 298 g/mol. The Morgan fingerprint density at radius 1 is 1.35 bits per heavy atom. The van der Waals surface area contributed by atoms with Crippen molar-refractivity contribution in [2.24, 2.45) is 0 Å². The van der Waals surface area contributed by atoms with Crippen LogP contribution >= 0.6 is 35.6 Å². The molecule has 0 spiro atoms. The zero-order valence-electron chi connectivity index (χ0n) is 9.59. The van der Waals surface area contributed by atoms with Crippen LogP contribution in [-0.2, 0) is 11.3 Å². The number of carbonyl (C=O) groups excluding carboxylic acids is 1. The van der Waals surface area contributed by atoms with Gasteiger partial charge in [0.2, 0.25) is 5.91 Å². The summed E-state index contributed by atoms with van der Waals surface area (Å²) in [6.07, 6.45) is 0. The van der Waals surface area contributed by atoms with E-state index < -0.39 is 0 Å². The molecular weight excluding hydrogens is 282 g/mol. The maximum absolute atomic E-state index is 11.2. The quantitative estimate of drug-likeness (QED) is 0.897. The first-order chi connectivity index (χ1) is 7.54. The number of amides is 1. The molecule has 0 saturated heterocycles. The molecule has 0 aliphatic carbocycles. The lowest BCUT2D eigenvalue weighted by molar-refractivity contribution is -0.122. The second kappa shape index (κ2) is 7.77. The van der Waals surface area contributed by atoms with Gasteiger partial charge in [0.25, 0.3) is 0 Å². The zero-order valence-corrected chi connectivity index (χ0v) is 11.9. The highest BCUT2D eigenvalue weighted by Crippen LogP contribution is 2.22. The summed E-state index contributed by atoms with van der Waals surface area (Å²) in [5, 5.41) is 6.71. The molecule has 1 rings (SSSR count). The van der Waals surface area contributed by atoms with Crippen molar-refractivity contribution in [3.05, 3.63) is 33.8 Å². The van der Waals surface area contributed by atoms with Crippen molar-refractivity contribution < 1.29 is 4.79 Å². The van der Waals surface area contributed by atoms with E-state index in [0.717, 1.165) is 5.56 Å². The molecule has 0 unspecified atom stereocenters. The minimum absolute atomic E-state index is 0. The number of likely N-dealkylation sites (N-methyl/N-ethyl adjacent to an activating group) is 1. The van der Waals surface area contributed by atoms with Crippen LogP contribution in [0.1, 0.15) is 12.5 Å². The largest absolute Gasteiger partial charge is 0.358 e. The van der Waals surface area contributed by atoms with Crippen LogP contribution in [0.3, 0.4) is 0 Å². The van der Waals surface area contributed by atoms with Gasteiger partial charge >= 0.3 is 0 Å². The highest BCUT2D eigenvalue weighted by atomic mass is 35.5. The number of benzene rings is 1. The summed E-state index contributed by atoms with van der Waals surface area (Å²) in [4.78, 5) is 11.2. The third-order valence-electron chi connectivity index (χ3n) is 2.24. The number of halogens is 3. The third-order valence-corrected chi connectivity index (χ3v) is 2.98. The Hall–Kier alpha value is -0.480. The first-order valence-corrected chi connectivity index (χ1v) is 5.69. The van der Waals surface area contributed by atoms with Gasteiger partial charge < -0.3 is 10.6 Å². The molecule has 0 heterocycles. The van der Waals surface area contributed by atoms with E-state index in [9.17, 15) is 4.79 Å². The molecule has 17 heavy (non-hydrogen) atoms. The lowest BCUT2D eigenvalue weighted by Gasteiger charge is -2.12. The van der Waals surface area contributed by atoms with Gasteiger partial charge in [-0.3, -0.25) is 4.79 Å². The molecule has 0 fully saturated rings. The summed E-state index contributed by atoms with van der Waals surface area (Å²) in [7, 11) is 1.61. The number of nitrogens with one attached hydrogen (secondary N) is 2. The van der Waals surface area contributed by atoms with Crippen LogP contribution in [0, 0.1) is 0 Å². The molecule has 3 nitrogen and oxygen atoms in total. The van der Waals surface area contributed by atoms with Crippen LogP contribution in [0.5, 0.6) is 0 Å². The molecule has 0 bridgehead atoms. The van der Waals surface area contributed by atoms with Gasteiger partial charge in [-0.05, 0) is 24.6 Å². The third kappa shape index (κ3) is 5.13. The predicted molar refractivity (Wildman–Crippen MR) is 74.1 cm³/mol. The molecule has 96 valence electrons. The summed E-state index contributed by atoms with van der Waals surface area (Å²) >= 11 is 11.7. The first-order valence-electron chi connectivity index (χ1n) is 4.93. The van der Waals surface area contributed by atoms with Gasteiger partial charge in [-0.2, -0.15) is 0 Å². The van der Waals surface area contributed by atoms with E-state index in [4.69, 9.17) is 23.2 Å². The van der Waals surface area contributed by atoms with Gasteiger partial charge in [0.15, 0.2) is 0 Å². The number of carbonyl (C=O) groups is 1. The highest BCUT2D eigenvalue weighted by Gasteiger charge is 2.09. The Labute approximate surface area is 117 Å². The Morgan fingerprint density at radius 3 is 2.53 bits per heavy atom. The molecule has 1 amide bonds. The SMILES string of the molecule is CNC(=O)[C@@H](C)NCc1ccc(Cl)c(Cl)c1.Cl. The van der Waals surface area contributed by atoms with Crippen molar-refractivity contribution in [2.45, 2.75) is 19.5 Å². The molecule has 0 aliphatic heterocycles. The maximum Gasteiger partial charge on any atom is 0.236 e. The second-order valence-corrected chi connectivity index (χ2v) is 4.28. The van der Waals surface area contributed by atoms with E-state index in [1.165, 1.54) is 0 Å². The van der Waals surface area contributed by atoms with E-state index in [-0.39, 0.29) is 24.4 Å². The zero-order chi connectivity index (χ0) is 12.1. The van der Waals surface area contributed by atoms with Crippen LogP contribution in [0.2, 0.25) is 10.0 Å². The number of rotatable bonds is 4. The molecular formula is C11H15Cl3N2O. The van der Waals surface area contributed by atoms with Gasteiger partial charge in [0.1, 0.15) is 0 Å². The molecule has 0 aliphatic rings. The highest BCUT2D eigenvalue weighted by molar-refractivity contribution is 6.42. The Balaban J connectivity index is 0.00000256. The molecule has 6 heteroatoms. The Kier molecular flexibility index (Phi) is 7.55. The van der Waals surface area contributed by atoms with Crippen molar-refractivity contribution in [3.8, 4) is 0 Å². The molecule has 1 aromatic carbocycles. The van der Waals surface area contributed by atoms with Crippen LogP contribution in [0.4, 0.5) is 0 Å². The topological polar surface area (TPSA) is 41.1 Å². The summed E-state index contributed by atoms with van der Waals surface area (Å²) in [6, 6.07) is 5.16. The molecule has 2 N–H and O–H groups in total. The summed E-state index contributed by atoms with van der Waals surface area (Å²) in [6.45, 7) is 2.38. The average Bonchev–Trinajstić information content (AvgIpc) is 2.29. The maximum atomic E-state index is 11.2. The van der Waals surface area contributed by atoms with Crippen LogP contribution < -0.4 is 10.6 Å². The van der Waals surface area contributed by atoms with Gasteiger partial charge in [-0.25, -0.2) is 0 Å². The lowest BCUT2D eigenvalue weighted by Crippen LogP contribution is -2.40. The Bertz CT molecular complexity index is 385. The standard InChI is InChI=1S/C11H14Cl2N2O.ClH/c1-7(11(16)14-2)15-6-8-3-4-9(12)10(13)5-8;/h3-5,7,15H,6H2,1-2H3,(H,14,16);1H/t7-;/m1./s1. The predicted octanol–water partition coefficient (Wildman–Crippen LogP) is 2.64. The molecule has 1 aromatic rings. The number of hydrogen-bond donors (Lipinski definition) is 2. The minimum Gasteiger partial charge on any atom is -0.358 e. The molecule has 0 radical (unpaired) electrons. The van der Waals surface area contributed by atoms with E-state index in [2.05, 4.69) is 10.6 Å². The van der Waals surface area contributed by atoms with Gasteiger partial charge in [0, 0.05) is 13.6 Å². The van der Waals surface area contributed by atoms with E-state index in [1.54, 1.807) is 26.1 Å². The normalized spacial score (nSPS) is 11.5. The summed E-state index contributed by atoms with van der Waals surface area (Å²) < 4.78 is 0. The summed E-state index contributed by atoms with van der Waals surface area (Å²) in [5.74, 6) is -0.0416. The van der Waals surface area contributed by atoms with E-state index in [1.807, 2.05) is 6.07 Å². The first kappa shape index (κ1) is 16.5. The summed E-state index contributed by atoms with van der Waals surface area (Å²) in [5.41, 5.74) is 0.991. The van der Waals surface area contributed by atoms with Crippen molar-refractivity contribution in [1.29, 1.82) is 0 Å². The van der Waals surface area contributed by atoms with Crippen molar-refractivity contribution >= 4 is 41.5 Å². The second-order valence-electron chi connectivity index (χ2n) is 3.47. The van der Waals surface area contributed by atoms with Gasteiger partial charge in [0.05, 0.1) is 16.1 Å². The fourth-order valence-corrected chi connectivity index (χ4v) is 1.55. The van der Waals surface area contributed by atoms with E-state index in [0.29, 0.717) is 16.6 Å². The van der Waals surface area contributed by atoms with Crippen molar-refractivity contribution in [1.82, 2.24) is 10.6 Å². The van der Waals surface area contributed by atoms with Crippen LogP contribution in [0.25, 0.3) is 0 Å². The fraction of sp³-hybridized carbons (Fsp3) is 0.364. The lowest BCUT2D eigenvalue weighted by atomic mass is 10.2. The van der Waals surface area contributed by atoms with Crippen LogP contribution in [0.15, 0.2) is 18.2 Å². The fourth-order valence-electron chi connectivity index (χ4n) is 1.23. The minimum atomic E-state index is -0.237. The van der Waals surface area contributed by atoms with Gasteiger partial charge in [-0.1, -0.05) is 29.3 Å². The van der Waals surface area contributed by atoms with Crippen molar-refractivity contribution in [2.75, 3.05) is 7.05 Å². The van der Waals surface area contributed by atoms with Crippen molar-refractivity contribution in [3.63, 3.8) is 0 Å². The smallest absolute Gasteiger partial charge is 0.236 e. The number of hydrogen-bond acceptors (Lipinski definition) is 2. The van der Waals surface area contributed by atoms with Crippen LogP contribution in [-0.4, -0.2) is 19.0 Å². The molecule has 0 aromatic heterocycles. The molecule has 1 atom stereocenters. The van der Waals surface area contributed by atoms with Gasteiger partial charge in [-0.15, -0.1) is 12.4 Å².